The lowest BCUT2D eigenvalue weighted by atomic mass is 10.2. The molecule has 0 amide bonds. The molecule has 0 atom stereocenters. The van der Waals surface area contributed by atoms with E-state index in [0.29, 0.717) is 11.8 Å². The van der Waals surface area contributed by atoms with Gasteiger partial charge in [-0.2, -0.15) is 4.98 Å². The molecule has 0 fully saturated rings. The van der Waals surface area contributed by atoms with Gasteiger partial charge in [0, 0.05) is 18.2 Å². The normalized spacial score (nSPS) is 10.6. The number of nitrogens with zero attached hydrogens (tertiary/aromatic N) is 1. The highest BCUT2D eigenvalue weighted by Crippen LogP contribution is 2.20. The van der Waals surface area contributed by atoms with Crippen LogP contribution in [0.2, 0.25) is 0 Å². The summed E-state index contributed by atoms with van der Waals surface area (Å²) in [7, 11) is 5.07. The molecule has 0 aliphatic heterocycles. The topological polar surface area (TPSA) is 43.4 Å². The molecule has 1 heterocycles. The number of nitrogens with one attached hydrogen (secondary N) is 1. The molecule has 0 aromatic carbocycles. The first kappa shape index (κ1) is 11.5. The zero-order valence-corrected chi connectivity index (χ0v) is 9.28. The van der Waals surface area contributed by atoms with Crippen molar-refractivity contribution >= 4 is 6.08 Å². The largest absolute Gasteiger partial charge is 0.481 e. The Labute approximate surface area is 89.9 Å². The molecule has 0 saturated heterocycles. The molecule has 0 saturated carbocycles. The van der Waals surface area contributed by atoms with E-state index in [-0.39, 0.29) is 0 Å². The Balaban J connectivity index is 2.87. The third-order valence-corrected chi connectivity index (χ3v) is 1.89. The maximum Gasteiger partial charge on any atom is 0.223 e. The monoisotopic (exact) mass is 208 g/mol. The number of rotatable bonds is 5. The SMILES string of the molecule is CNCC=Cc1ccc(OC)nc1OC. The zero-order chi connectivity index (χ0) is 11.1. The van der Waals surface area contributed by atoms with Crippen molar-refractivity contribution in [3.63, 3.8) is 0 Å². The van der Waals surface area contributed by atoms with Gasteiger partial charge in [0.1, 0.15) is 0 Å². The van der Waals surface area contributed by atoms with Gasteiger partial charge in [-0.1, -0.05) is 12.2 Å². The average molecular weight is 208 g/mol. The lowest BCUT2D eigenvalue weighted by molar-refractivity contribution is 0.364. The lowest BCUT2D eigenvalue weighted by Gasteiger charge is -2.05. The van der Waals surface area contributed by atoms with Crippen molar-refractivity contribution in [2.45, 2.75) is 0 Å². The molecule has 1 aromatic rings. The second-order valence-corrected chi connectivity index (χ2v) is 2.91. The van der Waals surface area contributed by atoms with Crippen LogP contribution in [-0.2, 0) is 0 Å². The van der Waals surface area contributed by atoms with E-state index in [1.807, 2.05) is 31.3 Å². The minimum Gasteiger partial charge on any atom is -0.481 e. The van der Waals surface area contributed by atoms with Gasteiger partial charge in [0.2, 0.25) is 11.8 Å². The van der Waals surface area contributed by atoms with Gasteiger partial charge in [0.25, 0.3) is 0 Å². The maximum absolute atomic E-state index is 5.16. The van der Waals surface area contributed by atoms with E-state index in [4.69, 9.17) is 9.47 Å². The third kappa shape index (κ3) is 3.25. The Morgan fingerprint density at radius 1 is 1.33 bits per heavy atom. The van der Waals surface area contributed by atoms with E-state index in [9.17, 15) is 0 Å². The van der Waals surface area contributed by atoms with Gasteiger partial charge in [0.15, 0.2) is 0 Å². The highest BCUT2D eigenvalue weighted by molar-refractivity contribution is 5.55. The predicted octanol–water partition coefficient (Wildman–Crippen LogP) is 1.33. The smallest absolute Gasteiger partial charge is 0.223 e. The van der Waals surface area contributed by atoms with Gasteiger partial charge in [-0.05, 0) is 13.1 Å². The molecule has 0 bridgehead atoms. The first-order valence-corrected chi connectivity index (χ1v) is 4.72. The molecular weight excluding hydrogens is 192 g/mol. The van der Waals surface area contributed by atoms with Crippen LogP contribution in [0, 0.1) is 0 Å². The van der Waals surface area contributed by atoms with Crippen LogP contribution in [-0.4, -0.2) is 32.8 Å². The number of methoxy groups -OCH3 is 2. The van der Waals surface area contributed by atoms with Crippen molar-refractivity contribution < 1.29 is 9.47 Å². The second-order valence-electron chi connectivity index (χ2n) is 2.91. The first-order chi connectivity index (χ1) is 7.31. The number of likely N-dealkylation sites (N-methyl/N-ethyl adjacent to an activating group) is 1. The van der Waals surface area contributed by atoms with Crippen LogP contribution in [0.3, 0.4) is 0 Å². The van der Waals surface area contributed by atoms with Crippen LogP contribution in [0.25, 0.3) is 6.08 Å². The molecular formula is C11H16N2O2. The Kier molecular flexibility index (Phi) is 4.63. The highest BCUT2D eigenvalue weighted by atomic mass is 16.5. The fourth-order valence-electron chi connectivity index (χ4n) is 1.14. The number of hydrogen-bond acceptors (Lipinski definition) is 4. The number of aromatic nitrogens is 1. The fraction of sp³-hybridized carbons (Fsp3) is 0.364. The second kappa shape index (κ2) is 6.03. The van der Waals surface area contributed by atoms with Crippen molar-refractivity contribution in [2.24, 2.45) is 0 Å². The molecule has 82 valence electrons. The summed E-state index contributed by atoms with van der Waals surface area (Å²) in [5, 5.41) is 3.03. The number of hydrogen-bond donors (Lipinski definition) is 1. The van der Waals surface area contributed by atoms with Gasteiger partial charge in [-0.25, -0.2) is 0 Å². The summed E-state index contributed by atoms with van der Waals surface area (Å²) in [5.41, 5.74) is 0.938. The summed E-state index contributed by atoms with van der Waals surface area (Å²) in [4.78, 5) is 4.17. The molecule has 0 aliphatic carbocycles. The molecule has 4 heteroatoms. The van der Waals surface area contributed by atoms with Crippen molar-refractivity contribution in [2.75, 3.05) is 27.8 Å². The van der Waals surface area contributed by atoms with E-state index < -0.39 is 0 Å². The van der Waals surface area contributed by atoms with Crippen LogP contribution in [0.5, 0.6) is 11.8 Å². The summed E-state index contributed by atoms with van der Waals surface area (Å²) in [6.45, 7) is 0.815. The molecule has 15 heavy (non-hydrogen) atoms. The molecule has 1 rings (SSSR count). The quantitative estimate of drug-likeness (QED) is 0.792. The molecule has 1 aromatic heterocycles. The first-order valence-electron chi connectivity index (χ1n) is 4.72. The molecule has 0 unspecified atom stereocenters. The van der Waals surface area contributed by atoms with Gasteiger partial charge >= 0.3 is 0 Å². The number of pyridine rings is 1. The Hall–Kier alpha value is -1.55. The summed E-state index contributed by atoms with van der Waals surface area (Å²) in [6.07, 6.45) is 3.97. The van der Waals surface area contributed by atoms with E-state index >= 15 is 0 Å². The van der Waals surface area contributed by atoms with Gasteiger partial charge in [0.05, 0.1) is 14.2 Å². The van der Waals surface area contributed by atoms with Gasteiger partial charge in [-0.15, -0.1) is 0 Å². The van der Waals surface area contributed by atoms with E-state index in [1.165, 1.54) is 0 Å². The van der Waals surface area contributed by atoms with E-state index in [2.05, 4.69) is 10.3 Å². The molecule has 4 nitrogen and oxygen atoms in total. The van der Waals surface area contributed by atoms with E-state index in [0.717, 1.165) is 12.1 Å². The minimum atomic E-state index is 0.553. The van der Waals surface area contributed by atoms with Crippen molar-refractivity contribution in [1.82, 2.24) is 10.3 Å². The van der Waals surface area contributed by atoms with Gasteiger partial charge < -0.3 is 14.8 Å². The van der Waals surface area contributed by atoms with Crippen molar-refractivity contribution in [3.05, 3.63) is 23.8 Å². The molecule has 0 spiro atoms. The highest BCUT2D eigenvalue weighted by Gasteiger charge is 2.02. The minimum absolute atomic E-state index is 0.553. The van der Waals surface area contributed by atoms with Crippen LogP contribution in [0.15, 0.2) is 18.2 Å². The Morgan fingerprint density at radius 2 is 2.13 bits per heavy atom. The Bertz CT molecular complexity index is 337. The van der Waals surface area contributed by atoms with Crippen molar-refractivity contribution in [1.29, 1.82) is 0 Å². The van der Waals surface area contributed by atoms with Crippen LogP contribution < -0.4 is 14.8 Å². The third-order valence-electron chi connectivity index (χ3n) is 1.89. The zero-order valence-electron chi connectivity index (χ0n) is 9.28. The molecule has 0 aliphatic rings. The summed E-state index contributed by atoms with van der Waals surface area (Å²) >= 11 is 0. The fourth-order valence-corrected chi connectivity index (χ4v) is 1.14. The molecule has 1 N–H and O–H groups in total. The lowest BCUT2D eigenvalue weighted by Crippen LogP contribution is -2.03. The van der Waals surface area contributed by atoms with Crippen LogP contribution >= 0.6 is 0 Å². The summed E-state index contributed by atoms with van der Waals surface area (Å²) in [6, 6.07) is 3.72. The standard InChI is InChI=1S/C11H16N2O2/c1-12-8-4-5-9-6-7-10(14-2)13-11(9)15-3/h4-7,12H,8H2,1-3H3. The number of ether oxygens (including phenoxy) is 2. The molecule has 0 radical (unpaired) electrons. The van der Waals surface area contributed by atoms with E-state index in [1.54, 1.807) is 14.2 Å². The Morgan fingerprint density at radius 3 is 2.73 bits per heavy atom. The van der Waals surface area contributed by atoms with Crippen LogP contribution in [0.1, 0.15) is 5.56 Å². The van der Waals surface area contributed by atoms with Gasteiger partial charge in [-0.3, -0.25) is 0 Å². The maximum atomic E-state index is 5.16. The van der Waals surface area contributed by atoms with Crippen molar-refractivity contribution in [3.8, 4) is 11.8 Å². The average Bonchev–Trinajstić information content (AvgIpc) is 2.29. The predicted molar refractivity (Wildman–Crippen MR) is 60.3 cm³/mol. The summed E-state index contributed by atoms with van der Waals surface area (Å²) in [5.74, 6) is 1.12. The van der Waals surface area contributed by atoms with Crippen LogP contribution in [0.4, 0.5) is 0 Å². The summed E-state index contributed by atoms with van der Waals surface area (Å²) < 4.78 is 10.2.